The summed E-state index contributed by atoms with van der Waals surface area (Å²) in [5, 5.41) is 10.1. The van der Waals surface area contributed by atoms with Gasteiger partial charge in [0.25, 0.3) is 30.1 Å². The quantitative estimate of drug-likeness (QED) is 0.415. The minimum Gasteiger partial charge on any atom is -0.480 e. The average molecular weight is 495 g/mol. The summed E-state index contributed by atoms with van der Waals surface area (Å²) in [5.74, 6) is -4.42. The molecule has 2 aliphatic rings. The third-order valence-corrected chi connectivity index (χ3v) is 6.42. The topological polar surface area (TPSA) is 138 Å². The van der Waals surface area contributed by atoms with Gasteiger partial charge in [-0.3, -0.25) is 28.9 Å². The van der Waals surface area contributed by atoms with Gasteiger partial charge < -0.3 is 9.84 Å². The lowest BCUT2D eigenvalue weighted by Crippen LogP contribution is -2.52. The lowest BCUT2D eigenvalue weighted by atomic mass is 9.85. The smallest absolute Gasteiger partial charge is 0.326 e. The Morgan fingerprint density at radius 3 is 1.50 bits per heavy atom. The standard InChI is InChI=1S/C26H26N2O8/c1-12(2)9-18(26(34)35)27-22(30)14-5-7-16-21-17(8-6-15(20(14)21)23(27)31)25(33)28(24(16)32)19(36-11-29)10-13(3)4/h5-8,11-13,18-19H,9-10H2,1-4H3,(H,34,35). The molecule has 0 aliphatic carbocycles. The highest BCUT2D eigenvalue weighted by Gasteiger charge is 2.45. The van der Waals surface area contributed by atoms with E-state index in [-0.39, 0.29) is 64.2 Å². The van der Waals surface area contributed by atoms with E-state index in [1.165, 1.54) is 24.3 Å². The highest BCUT2D eigenvalue weighted by molar-refractivity contribution is 6.33. The number of amides is 4. The molecule has 0 saturated heterocycles. The minimum absolute atomic E-state index is 0.00144. The van der Waals surface area contributed by atoms with Crippen LogP contribution in [0.2, 0.25) is 0 Å². The van der Waals surface area contributed by atoms with Crippen molar-refractivity contribution in [3.8, 4) is 0 Å². The van der Waals surface area contributed by atoms with E-state index in [1.54, 1.807) is 13.8 Å². The molecule has 2 unspecified atom stereocenters. The molecular weight excluding hydrogens is 468 g/mol. The largest absolute Gasteiger partial charge is 0.480 e. The summed E-state index contributed by atoms with van der Waals surface area (Å²) in [7, 11) is 0. The number of benzene rings is 2. The van der Waals surface area contributed by atoms with Crippen molar-refractivity contribution in [2.75, 3.05) is 0 Å². The predicted octanol–water partition coefficient (Wildman–Crippen LogP) is 3.08. The van der Waals surface area contributed by atoms with E-state index in [4.69, 9.17) is 4.74 Å². The normalized spacial score (nSPS) is 16.7. The third kappa shape index (κ3) is 3.82. The minimum atomic E-state index is -1.36. The zero-order valence-electron chi connectivity index (χ0n) is 20.3. The molecule has 2 aromatic rings. The summed E-state index contributed by atoms with van der Waals surface area (Å²) in [5.41, 5.74) is 0.244. The summed E-state index contributed by atoms with van der Waals surface area (Å²) < 4.78 is 5.09. The molecule has 0 bridgehead atoms. The fourth-order valence-corrected chi connectivity index (χ4v) is 4.91. The second kappa shape index (κ2) is 9.18. The number of ether oxygens (including phenoxy) is 1. The molecule has 0 radical (unpaired) electrons. The van der Waals surface area contributed by atoms with Crippen molar-refractivity contribution in [1.29, 1.82) is 0 Å². The van der Waals surface area contributed by atoms with Crippen LogP contribution in [0.3, 0.4) is 0 Å². The van der Waals surface area contributed by atoms with Gasteiger partial charge in [0, 0.05) is 39.4 Å². The zero-order valence-corrected chi connectivity index (χ0v) is 20.3. The van der Waals surface area contributed by atoms with Crippen LogP contribution in [0.25, 0.3) is 10.8 Å². The van der Waals surface area contributed by atoms with Crippen LogP contribution in [0.4, 0.5) is 0 Å². The number of hydrogen-bond acceptors (Lipinski definition) is 7. The lowest BCUT2D eigenvalue weighted by Gasteiger charge is -2.36. The van der Waals surface area contributed by atoms with Crippen molar-refractivity contribution >= 4 is 46.8 Å². The number of hydrogen-bond donors (Lipinski definition) is 1. The highest BCUT2D eigenvalue weighted by Crippen LogP contribution is 2.39. The molecule has 0 saturated carbocycles. The van der Waals surface area contributed by atoms with Gasteiger partial charge >= 0.3 is 5.97 Å². The van der Waals surface area contributed by atoms with Gasteiger partial charge in [-0.1, -0.05) is 27.7 Å². The Morgan fingerprint density at radius 1 is 0.778 bits per heavy atom. The summed E-state index contributed by atoms with van der Waals surface area (Å²) >= 11 is 0. The molecule has 0 aromatic heterocycles. The second-order valence-electron chi connectivity index (χ2n) is 9.83. The average Bonchev–Trinajstić information content (AvgIpc) is 2.80. The van der Waals surface area contributed by atoms with Gasteiger partial charge in [0.15, 0.2) is 6.23 Å². The molecule has 36 heavy (non-hydrogen) atoms. The van der Waals surface area contributed by atoms with E-state index in [9.17, 15) is 33.9 Å². The maximum atomic E-state index is 13.4. The molecule has 4 rings (SSSR count). The van der Waals surface area contributed by atoms with Crippen LogP contribution in [0.15, 0.2) is 24.3 Å². The second-order valence-corrected chi connectivity index (χ2v) is 9.83. The van der Waals surface area contributed by atoms with Crippen molar-refractivity contribution in [2.24, 2.45) is 11.8 Å². The van der Waals surface area contributed by atoms with Crippen molar-refractivity contribution in [3.05, 3.63) is 46.5 Å². The molecule has 10 heteroatoms. The number of imide groups is 2. The Labute approximate surface area is 206 Å². The summed E-state index contributed by atoms with van der Waals surface area (Å²) in [6, 6.07) is 4.13. The molecule has 2 heterocycles. The van der Waals surface area contributed by atoms with Gasteiger partial charge in [-0.15, -0.1) is 0 Å². The first-order chi connectivity index (χ1) is 17.0. The number of nitrogens with zero attached hydrogens (tertiary/aromatic N) is 2. The van der Waals surface area contributed by atoms with Crippen LogP contribution in [0, 0.1) is 11.8 Å². The maximum absolute atomic E-state index is 13.4. The number of carbonyl (C=O) groups excluding carboxylic acids is 5. The summed E-state index contributed by atoms with van der Waals surface area (Å²) in [4.78, 5) is 78.4. The number of carboxylic acid groups (broad SMARTS) is 1. The molecule has 10 nitrogen and oxygen atoms in total. The Hall–Kier alpha value is -4.08. The maximum Gasteiger partial charge on any atom is 0.326 e. The zero-order chi connectivity index (χ0) is 26.5. The molecule has 0 fully saturated rings. The Balaban J connectivity index is 1.88. The van der Waals surface area contributed by atoms with E-state index in [0.29, 0.717) is 0 Å². The molecule has 188 valence electrons. The van der Waals surface area contributed by atoms with Crippen molar-refractivity contribution in [3.63, 3.8) is 0 Å². The van der Waals surface area contributed by atoms with E-state index in [0.717, 1.165) is 9.80 Å². The lowest BCUT2D eigenvalue weighted by molar-refractivity contribution is -0.142. The van der Waals surface area contributed by atoms with E-state index < -0.39 is 41.9 Å². The van der Waals surface area contributed by atoms with Gasteiger partial charge in [-0.05, 0) is 42.5 Å². The van der Waals surface area contributed by atoms with Gasteiger partial charge in [0.05, 0.1) is 0 Å². The molecule has 4 amide bonds. The van der Waals surface area contributed by atoms with Crippen molar-refractivity contribution in [1.82, 2.24) is 9.80 Å². The highest BCUT2D eigenvalue weighted by atomic mass is 16.5. The molecule has 2 atom stereocenters. The molecular formula is C26H26N2O8. The molecule has 1 N–H and O–H groups in total. The van der Waals surface area contributed by atoms with Crippen LogP contribution in [0.5, 0.6) is 0 Å². The third-order valence-electron chi connectivity index (χ3n) is 6.42. The predicted molar refractivity (Wildman–Crippen MR) is 126 cm³/mol. The Bertz CT molecular complexity index is 1260. The first-order valence-electron chi connectivity index (χ1n) is 11.7. The Morgan fingerprint density at radius 2 is 1.17 bits per heavy atom. The first kappa shape index (κ1) is 25.0. The fourth-order valence-electron chi connectivity index (χ4n) is 4.91. The van der Waals surface area contributed by atoms with Crippen molar-refractivity contribution in [2.45, 2.75) is 52.8 Å². The molecule has 2 aromatic carbocycles. The van der Waals surface area contributed by atoms with Gasteiger partial charge in [0.2, 0.25) is 0 Å². The van der Waals surface area contributed by atoms with Crippen molar-refractivity contribution < 1.29 is 38.6 Å². The Kier molecular flexibility index (Phi) is 6.38. The first-order valence-corrected chi connectivity index (χ1v) is 11.7. The van der Waals surface area contributed by atoms with Crippen LogP contribution >= 0.6 is 0 Å². The number of carbonyl (C=O) groups is 6. The fraction of sp³-hybridized carbons (Fsp3) is 0.385. The van der Waals surface area contributed by atoms with Crippen LogP contribution < -0.4 is 0 Å². The molecule has 0 spiro atoms. The summed E-state index contributed by atoms with van der Waals surface area (Å²) in [6.45, 7) is 7.47. The van der Waals surface area contributed by atoms with Crippen LogP contribution in [0.1, 0.15) is 82.0 Å². The monoisotopic (exact) mass is 494 g/mol. The number of carboxylic acids is 1. The van der Waals surface area contributed by atoms with E-state index >= 15 is 0 Å². The SMILES string of the molecule is CC(C)CC(OC=O)N1C(=O)c2ccc3c4c(ccc(c24)C1=O)C(=O)N(C(CC(C)C)C(=O)O)C3=O. The molecule has 2 aliphatic heterocycles. The van der Waals surface area contributed by atoms with E-state index in [2.05, 4.69) is 0 Å². The van der Waals surface area contributed by atoms with Crippen LogP contribution in [-0.2, 0) is 14.3 Å². The van der Waals surface area contributed by atoms with Gasteiger partial charge in [-0.2, -0.15) is 0 Å². The van der Waals surface area contributed by atoms with E-state index in [1.807, 2.05) is 13.8 Å². The van der Waals surface area contributed by atoms with Gasteiger partial charge in [0.1, 0.15) is 6.04 Å². The summed E-state index contributed by atoms with van der Waals surface area (Å²) in [6.07, 6.45) is -0.825. The number of aliphatic carboxylic acids is 1. The van der Waals surface area contributed by atoms with Crippen LogP contribution in [-0.4, -0.2) is 63.2 Å². The number of rotatable bonds is 9. The van der Waals surface area contributed by atoms with Gasteiger partial charge in [-0.25, -0.2) is 9.69 Å².